The summed E-state index contributed by atoms with van der Waals surface area (Å²) in [6, 6.07) is 8.41. The summed E-state index contributed by atoms with van der Waals surface area (Å²) in [6.45, 7) is 12.4. The predicted molar refractivity (Wildman–Crippen MR) is 109 cm³/mol. The quantitative estimate of drug-likeness (QED) is 0.394. The first-order valence-corrected chi connectivity index (χ1v) is 9.87. The zero-order chi connectivity index (χ0) is 19.2. The van der Waals surface area contributed by atoms with Gasteiger partial charge in [-0.15, -0.1) is 0 Å². The normalized spacial score (nSPS) is 13.1. The summed E-state index contributed by atoms with van der Waals surface area (Å²) in [4.78, 5) is 4.69. The highest BCUT2D eigenvalue weighted by molar-refractivity contribution is 5.79. The minimum atomic E-state index is 0.237. The average molecular weight is 364 g/mol. The fraction of sp³-hybridized carbons (Fsp3) is 0.667. The number of rotatable bonds is 12. The van der Waals surface area contributed by atoms with Crippen molar-refractivity contribution in [2.45, 2.75) is 53.7 Å². The summed E-state index contributed by atoms with van der Waals surface area (Å²) in [5.41, 5.74) is 2.36. The van der Waals surface area contributed by atoms with E-state index in [1.165, 1.54) is 11.1 Å². The Morgan fingerprint density at radius 3 is 2.38 bits per heavy atom. The number of aliphatic hydroxyl groups excluding tert-OH is 1. The molecular formula is C21H37N3O2. The number of hydrogen-bond donors (Lipinski definition) is 3. The molecule has 0 aliphatic carbocycles. The van der Waals surface area contributed by atoms with Crippen LogP contribution in [-0.4, -0.2) is 37.4 Å². The highest BCUT2D eigenvalue weighted by atomic mass is 16.5. The van der Waals surface area contributed by atoms with E-state index in [2.05, 4.69) is 60.7 Å². The third kappa shape index (κ3) is 9.78. The number of aliphatic hydroxyl groups is 1. The molecule has 1 atom stereocenters. The van der Waals surface area contributed by atoms with Crippen LogP contribution >= 0.6 is 0 Å². The van der Waals surface area contributed by atoms with Crippen molar-refractivity contribution in [1.29, 1.82) is 0 Å². The van der Waals surface area contributed by atoms with Crippen molar-refractivity contribution in [3.63, 3.8) is 0 Å². The molecule has 0 saturated carbocycles. The van der Waals surface area contributed by atoms with Crippen molar-refractivity contribution in [3.8, 4) is 0 Å². The molecule has 1 unspecified atom stereocenters. The Bertz CT molecular complexity index is 500. The molecule has 1 rings (SSSR count). The second-order valence-corrected chi connectivity index (χ2v) is 7.04. The van der Waals surface area contributed by atoms with Crippen LogP contribution in [0, 0.1) is 11.8 Å². The molecule has 3 N–H and O–H groups in total. The highest BCUT2D eigenvalue weighted by Gasteiger charge is 2.11. The van der Waals surface area contributed by atoms with Crippen molar-refractivity contribution in [2.75, 3.05) is 26.3 Å². The number of ether oxygens (including phenoxy) is 1. The smallest absolute Gasteiger partial charge is 0.191 e. The van der Waals surface area contributed by atoms with Gasteiger partial charge in [0.15, 0.2) is 5.96 Å². The Balaban J connectivity index is 2.58. The molecule has 5 heteroatoms. The van der Waals surface area contributed by atoms with Crippen LogP contribution in [0.15, 0.2) is 29.3 Å². The minimum Gasteiger partial charge on any atom is -0.396 e. The highest BCUT2D eigenvalue weighted by Crippen LogP contribution is 2.14. The van der Waals surface area contributed by atoms with E-state index in [4.69, 9.17) is 4.74 Å². The molecule has 0 aliphatic heterocycles. The monoisotopic (exact) mass is 363 g/mol. The van der Waals surface area contributed by atoms with Gasteiger partial charge in [0.2, 0.25) is 0 Å². The standard InChI is InChI=1S/C21H37N3O2/c1-5-22-21(24-15-20(11-12-25)13-17(3)4)23-14-18-7-9-19(10-8-18)16-26-6-2/h7-10,17,20,25H,5-6,11-16H2,1-4H3,(H2,22,23,24). The molecule has 0 aromatic heterocycles. The molecule has 0 aliphatic rings. The van der Waals surface area contributed by atoms with E-state index >= 15 is 0 Å². The zero-order valence-electron chi connectivity index (χ0n) is 16.9. The maximum absolute atomic E-state index is 9.26. The Kier molecular flexibility index (Phi) is 11.7. The number of nitrogens with zero attached hydrogens (tertiary/aromatic N) is 1. The Labute approximate surface area is 159 Å². The summed E-state index contributed by atoms with van der Waals surface area (Å²) >= 11 is 0. The summed E-state index contributed by atoms with van der Waals surface area (Å²) in [5, 5.41) is 16.0. The van der Waals surface area contributed by atoms with E-state index in [9.17, 15) is 5.11 Å². The van der Waals surface area contributed by atoms with Crippen molar-refractivity contribution in [1.82, 2.24) is 10.6 Å². The van der Waals surface area contributed by atoms with Gasteiger partial charge < -0.3 is 20.5 Å². The van der Waals surface area contributed by atoms with Gasteiger partial charge in [0, 0.05) is 26.3 Å². The van der Waals surface area contributed by atoms with Crippen LogP contribution in [0.3, 0.4) is 0 Å². The van der Waals surface area contributed by atoms with Crippen molar-refractivity contribution in [2.24, 2.45) is 16.8 Å². The molecule has 1 aromatic carbocycles. The molecule has 26 heavy (non-hydrogen) atoms. The van der Waals surface area contributed by atoms with Crippen LogP contribution in [-0.2, 0) is 17.9 Å². The molecule has 0 amide bonds. The zero-order valence-corrected chi connectivity index (χ0v) is 16.9. The summed E-state index contributed by atoms with van der Waals surface area (Å²) in [7, 11) is 0. The Morgan fingerprint density at radius 2 is 1.81 bits per heavy atom. The minimum absolute atomic E-state index is 0.237. The van der Waals surface area contributed by atoms with Gasteiger partial charge >= 0.3 is 0 Å². The lowest BCUT2D eigenvalue weighted by atomic mass is 9.94. The largest absolute Gasteiger partial charge is 0.396 e. The Morgan fingerprint density at radius 1 is 1.12 bits per heavy atom. The molecule has 0 heterocycles. The number of nitrogens with one attached hydrogen (secondary N) is 2. The number of guanidine groups is 1. The first kappa shape index (κ1) is 22.5. The maximum Gasteiger partial charge on any atom is 0.191 e. The summed E-state index contributed by atoms with van der Waals surface area (Å²) in [5.74, 6) is 1.92. The molecule has 1 aromatic rings. The van der Waals surface area contributed by atoms with Crippen LogP contribution in [0.5, 0.6) is 0 Å². The van der Waals surface area contributed by atoms with Gasteiger partial charge in [-0.3, -0.25) is 0 Å². The fourth-order valence-electron chi connectivity index (χ4n) is 2.87. The third-order valence-corrected chi connectivity index (χ3v) is 4.16. The lowest BCUT2D eigenvalue weighted by molar-refractivity contribution is 0.134. The van der Waals surface area contributed by atoms with E-state index in [0.717, 1.165) is 38.5 Å². The van der Waals surface area contributed by atoms with Crippen LogP contribution < -0.4 is 10.6 Å². The topological polar surface area (TPSA) is 65.9 Å². The number of aliphatic imine (C=N–C) groups is 1. The van der Waals surface area contributed by atoms with Crippen LogP contribution in [0.4, 0.5) is 0 Å². The van der Waals surface area contributed by atoms with E-state index in [1.807, 2.05) is 6.92 Å². The predicted octanol–water partition coefficient (Wildman–Crippen LogP) is 3.32. The van der Waals surface area contributed by atoms with Gasteiger partial charge in [0.25, 0.3) is 0 Å². The molecule has 0 fully saturated rings. The SMILES string of the molecule is CCNC(=NCc1ccc(COCC)cc1)NCC(CCO)CC(C)C. The molecule has 0 radical (unpaired) electrons. The van der Waals surface area contributed by atoms with Crippen molar-refractivity contribution >= 4 is 5.96 Å². The van der Waals surface area contributed by atoms with E-state index in [-0.39, 0.29) is 6.61 Å². The van der Waals surface area contributed by atoms with E-state index in [1.54, 1.807) is 0 Å². The van der Waals surface area contributed by atoms with Crippen LogP contribution in [0.25, 0.3) is 0 Å². The third-order valence-electron chi connectivity index (χ3n) is 4.16. The molecule has 0 spiro atoms. The summed E-state index contributed by atoms with van der Waals surface area (Å²) in [6.07, 6.45) is 1.93. The summed E-state index contributed by atoms with van der Waals surface area (Å²) < 4.78 is 5.43. The second kappa shape index (κ2) is 13.6. The van der Waals surface area contributed by atoms with Crippen LogP contribution in [0.2, 0.25) is 0 Å². The lowest BCUT2D eigenvalue weighted by Gasteiger charge is -2.20. The first-order valence-electron chi connectivity index (χ1n) is 9.87. The van der Waals surface area contributed by atoms with Gasteiger partial charge in [-0.05, 0) is 49.7 Å². The van der Waals surface area contributed by atoms with Gasteiger partial charge in [0.05, 0.1) is 13.2 Å². The van der Waals surface area contributed by atoms with Gasteiger partial charge in [-0.1, -0.05) is 38.1 Å². The lowest BCUT2D eigenvalue weighted by Crippen LogP contribution is -2.40. The van der Waals surface area contributed by atoms with Gasteiger partial charge in [-0.25, -0.2) is 4.99 Å². The van der Waals surface area contributed by atoms with Gasteiger partial charge in [0.1, 0.15) is 0 Å². The fourth-order valence-corrected chi connectivity index (χ4v) is 2.87. The first-order chi connectivity index (χ1) is 12.6. The second-order valence-electron chi connectivity index (χ2n) is 7.04. The van der Waals surface area contributed by atoms with Crippen molar-refractivity contribution in [3.05, 3.63) is 35.4 Å². The molecular weight excluding hydrogens is 326 g/mol. The van der Waals surface area contributed by atoms with Crippen molar-refractivity contribution < 1.29 is 9.84 Å². The maximum atomic E-state index is 9.26. The molecule has 5 nitrogen and oxygen atoms in total. The van der Waals surface area contributed by atoms with Crippen LogP contribution in [0.1, 0.15) is 51.7 Å². The van der Waals surface area contributed by atoms with E-state index in [0.29, 0.717) is 25.0 Å². The van der Waals surface area contributed by atoms with Gasteiger partial charge in [-0.2, -0.15) is 0 Å². The molecule has 148 valence electrons. The Hall–Kier alpha value is -1.59. The molecule has 0 saturated heterocycles. The number of hydrogen-bond acceptors (Lipinski definition) is 3. The molecule has 0 bridgehead atoms. The number of benzene rings is 1. The average Bonchev–Trinajstić information content (AvgIpc) is 2.62. The van der Waals surface area contributed by atoms with E-state index < -0.39 is 0 Å².